The van der Waals surface area contributed by atoms with Crippen LogP contribution in [0.3, 0.4) is 0 Å². The highest BCUT2D eigenvalue weighted by molar-refractivity contribution is 5.93. The van der Waals surface area contributed by atoms with Crippen molar-refractivity contribution in [3.8, 4) is 11.8 Å². The molecule has 0 aliphatic carbocycles. The smallest absolute Gasteiger partial charge is 0.387 e. The van der Waals surface area contributed by atoms with E-state index in [-0.39, 0.29) is 16.9 Å². The van der Waals surface area contributed by atoms with Crippen molar-refractivity contribution in [2.45, 2.75) is 13.5 Å². The van der Waals surface area contributed by atoms with Gasteiger partial charge in [0.1, 0.15) is 11.8 Å². The Hall–Kier alpha value is -2.16. The van der Waals surface area contributed by atoms with Gasteiger partial charge < -0.3 is 9.47 Å². The van der Waals surface area contributed by atoms with E-state index in [0.717, 1.165) is 13.2 Å². The molecule has 0 atom stereocenters. The Balaban J connectivity index is 3.29. The largest absolute Gasteiger partial charge is 0.465 e. The molecule has 0 aliphatic heterocycles. The van der Waals surface area contributed by atoms with Crippen LogP contribution in [0.2, 0.25) is 0 Å². The maximum Gasteiger partial charge on any atom is 0.387 e. The number of methoxy groups -OCH3 is 1. The normalized spacial score (nSPS) is 9.88. The molecule has 0 saturated carbocycles. The van der Waals surface area contributed by atoms with Gasteiger partial charge in [-0.05, 0) is 24.6 Å². The molecule has 4 nitrogen and oxygen atoms in total. The standard InChI is InChI=1S/C11H9F2NO3/c1-6-3-7(17-11(12)13)4-8(9(6)5-14)10(15)16-2/h3-4,11H,1-2H3. The van der Waals surface area contributed by atoms with Gasteiger partial charge in [0.05, 0.1) is 18.2 Å². The first-order valence-electron chi connectivity index (χ1n) is 4.57. The van der Waals surface area contributed by atoms with Crippen molar-refractivity contribution >= 4 is 5.97 Å². The van der Waals surface area contributed by atoms with Gasteiger partial charge in [-0.15, -0.1) is 0 Å². The van der Waals surface area contributed by atoms with Crippen molar-refractivity contribution < 1.29 is 23.0 Å². The first-order valence-corrected chi connectivity index (χ1v) is 4.57. The lowest BCUT2D eigenvalue weighted by Crippen LogP contribution is -2.08. The van der Waals surface area contributed by atoms with Crippen LogP contribution in [0.15, 0.2) is 12.1 Å². The average Bonchev–Trinajstić information content (AvgIpc) is 2.26. The van der Waals surface area contributed by atoms with E-state index in [1.54, 1.807) is 0 Å². The van der Waals surface area contributed by atoms with Gasteiger partial charge >= 0.3 is 12.6 Å². The predicted octanol–water partition coefficient (Wildman–Crippen LogP) is 2.25. The van der Waals surface area contributed by atoms with Gasteiger partial charge in [0.15, 0.2) is 0 Å². The lowest BCUT2D eigenvalue weighted by molar-refractivity contribution is -0.0499. The molecule has 0 amide bonds. The van der Waals surface area contributed by atoms with E-state index in [4.69, 9.17) is 5.26 Å². The number of carbonyl (C=O) groups is 1. The number of rotatable bonds is 3. The third-order valence-corrected chi connectivity index (χ3v) is 2.05. The van der Waals surface area contributed by atoms with E-state index >= 15 is 0 Å². The Morgan fingerprint density at radius 1 is 1.47 bits per heavy atom. The summed E-state index contributed by atoms with van der Waals surface area (Å²) < 4.78 is 32.7. The molecular weight excluding hydrogens is 232 g/mol. The minimum absolute atomic E-state index is 0.0819. The molecular formula is C11H9F2NO3. The molecule has 1 aromatic rings. The van der Waals surface area contributed by atoms with Crippen molar-refractivity contribution in [3.63, 3.8) is 0 Å². The molecule has 90 valence electrons. The summed E-state index contributed by atoms with van der Waals surface area (Å²) in [7, 11) is 1.14. The summed E-state index contributed by atoms with van der Waals surface area (Å²) in [5, 5.41) is 8.87. The highest BCUT2D eigenvalue weighted by atomic mass is 19.3. The summed E-state index contributed by atoms with van der Waals surface area (Å²) >= 11 is 0. The molecule has 1 aromatic carbocycles. The minimum Gasteiger partial charge on any atom is -0.465 e. The Kier molecular flexibility index (Phi) is 3.99. The van der Waals surface area contributed by atoms with Gasteiger partial charge in [-0.3, -0.25) is 0 Å². The molecule has 0 aromatic heterocycles. The summed E-state index contributed by atoms with van der Waals surface area (Å²) in [6.07, 6.45) is 0. The number of hydrogen-bond donors (Lipinski definition) is 0. The summed E-state index contributed by atoms with van der Waals surface area (Å²) in [5.74, 6) is -0.957. The highest BCUT2D eigenvalue weighted by Gasteiger charge is 2.17. The number of ether oxygens (including phenoxy) is 2. The van der Waals surface area contributed by atoms with Crippen LogP contribution in [0, 0.1) is 18.3 Å². The van der Waals surface area contributed by atoms with Crippen molar-refractivity contribution in [2.75, 3.05) is 7.11 Å². The number of carbonyl (C=O) groups excluding carboxylic acids is 1. The van der Waals surface area contributed by atoms with Crippen LogP contribution in [0.1, 0.15) is 21.5 Å². The molecule has 0 saturated heterocycles. The molecule has 0 bridgehead atoms. The van der Waals surface area contributed by atoms with E-state index in [1.807, 2.05) is 6.07 Å². The molecule has 6 heteroatoms. The zero-order valence-corrected chi connectivity index (χ0v) is 9.16. The van der Waals surface area contributed by atoms with E-state index in [2.05, 4.69) is 9.47 Å². The first-order chi connectivity index (χ1) is 7.99. The van der Waals surface area contributed by atoms with Crippen molar-refractivity contribution in [2.24, 2.45) is 0 Å². The second-order valence-electron chi connectivity index (χ2n) is 3.14. The Morgan fingerprint density at radius 3 is 2.59 bits per heavy atom. The maximum absolute atomic E-state index is 12.0. The number of benzene rings is 1. The monoisotopic (exact) mass is 241 g/mol. The van der Waals surface area contributed by atoms with Crippen molar-refractivity contribution in [1.29, 1.82) is 5.26 Å². The van der Waals surface area contributed by atoms with Crippen molar-refractivity contribution in [1.82, 2.24) is 0 Å². The lowest BCUT2D eigenvalue weighted by atomic mass is 10.0. The van der Waals surface area contributed by atoms with Gasteiger partial charge in [-0.2, -0.15) is 14.0 Å². The number of aryl methyl sites for hydroxylation is 1. The number of alkyl halides is 2. The van der Waals surface area contributed by atoms with Gasteiger partial charge in [0.25, 0.3) is 0 Å². The topological polar surface area (TPSA) is 59.3 Å². The van der Waals surface area contributed by atoms with Gasteiger partial charge in [0, 0.05) is 0 Å². The van der Waals surface area contributed by atoms with Crippen LogP contribution in [-0.2, 0) is 4.74 Å². The number of nitrogens with zero attached hydrogens (tertiary/aromatic N) is 1. The first kappa shape index (κ1) is 12.9. The number of esters is 1. The quantitative estimate of drug-likeness (QED) is 0.761. The van der Waals surface area contributed by atoms with E-state index in [9.17, 15) is 13.6 Å². The molecule has 0 radical (unpaired) electrons. The SMILES string of the molecule is COC(=O)c1cc(OC(F)F)cc(C)c1C#N. The Morgan fingerprint density at radius 2 is 2.12 bits per heavy atom. The molecule has 17 heavy (non-hydrogen) atoms. The van der Waals surface area contributed by atoms with Crippen LogP contribution in [0.25, 0.3) is 0 Å². The average molecular weight is 241 g/mol. The van der Waals surface area contributed by atoms with Gasteiger partial charge in [-0.25, -0.2) is 4.79 Å². The van der Waals surface area contributed by atoms with Crippen LogP contribution >= 0.6 is 0 Å². The van der Waals surface area contributed by atoms with E-state index in [1.165, 1.54) is 13.0 Å². The Labute approximate surface area is 96.4 Å². The summed E-state index contributed by atoms with van der Waals surface area (Å²) in [5.41, 5.74) is 0.357. The van der Waals surface area contributed by atoms with Crippen molar-refractivity contribution in [3.05, 3.63) is 28.8 Å². The second kappa shape index (κ2) is 5.25. The molecule has 0 unspecified atom stereocenters. The predicted molar refractivity (Wildman–Crippen MR) is 53.9 cm³/mol. The lowest BCUT2D eigenvalue weighted by Gasteiger charge is -2.09. The number of halogens is 2. The fourth-order valence-corrected chi connectivity index (χ4v) is 1.34. The molecule has 0 fully saturated rings. The molecule has 0 N–H and O–H groups in total. The molecule has 0 aliphatic rings. The highest BCUT2D eigenvalue weighted by Crippen LogP contribution is 2.23. The number of nitriles is 1. The maximum atomic E-state index is 12.0. The third kappa shape index (κ3) is 2.91. The number of hydrogen-bond acceptors (Lipinski definition) is 4. The van der Waals surface area contributed by atoms with Crippen LogP contribution in [-0.4, -0.2) is 19.7 Å². The van der Waals surface area contributed by atoms with Gasteiger partial charge in [0.2, 0.25) is 0 Å². The van der Waals surface area contributed by atoms with Gasteiger partial charge in [-0.1, -0.05) is 0 Å². The molecule has 0 heterocycles. The molecule has 1 rings (SSSR count). The minimum atomic E-state index is -2.99. The second-order valence-corrected chi connectivity index (χ2v) is 3.14. The summed E-state index contributed by atoms with van der Waals surface area (Å²) in [6, 6.07) is 4.14. The zero-order chi connectivity index (χ0) is 13.0. The molecule has 0 spiro atoms. The summed E-state index contributed by atoms with van der Waals surface area (Å²) in [4.78, 5) is 11.4. The van der Waals surface area contributed by atoms with Crippen LogP contribution in [0.4, 0.5) is 8.78 Å². The fourth-order valence-electron chi connectivity index (χ4n) is 1.34. The fraction of sp³-hybridized carbons (Fsp3) is 0.273. The van der Waals surface area contributed by atoms with Crippen LogP contribution in [0.5, 0.6) is 5.75 Å². The zero-order valence-electron chi connectivity index (χ0n) is 9.16. The Bertz CT molecular complexity index is 480. The third-order valence-electron chi connectivity index (χ3n) is 2.05. The van der Waals surface area contributed by atoms with E-state index < -0.39 is 12.6 Å². The van der Waals surface area contributed by atoms with Crippen LogP contribution < -0.4 is 4.74 Å². The van der Waals surface area contributed by atoms with E-state index in [0.29, 0.717) is 5.56 Å². The summed E-state index contributed by atoms with van der Waals surface area (Å²) in [6.45, 7) is -1.48.